The van der Waals surface area contributed by atoms with Crippen LogP contribution in [-0.4, -0.2) is 34.5 Å². The molecule has 0 saturated carbocycles. The molecule has 0 bridgehead atoms. The van der Waals surface area contributed by atoms with Gasteiger partial charge in [0, 0.05) is 12.1 Å². The Balaban J connectivity index is 2.25. The van der Waals surface area contributed by atoms with Gasteiger partial charge in [-0.05, 0) is 25.1 Å². The first kappa shape index (κ1) is 14.4. The lowest BCUT2D eigenvalue weighted by atomic mass is 10.0. The number of nitrogens with zero attached hydrogens (tertiary/aromatic N) is 2. The Labute approximate surface area is 115 Å². The van der Waals surface area contributed by atoms with E-state index in [2.05, 4.69) is 10.1 Å². The quantitative estimate of drug-likeness (QED) is 0.853. The average molecular weight is 281 g/mol. The van der Waals surface area contributed by atoms with E-state index < -0.39 is 11.4 Å². The number of aliphatic hydroxyl groups is 1. The van der Waals surface area contributed by atoms with Crippen molar-refractivity contribution in [3.05, 3.63) is 29.9 Å². The summed E-state index contributed by atoms with van der Waals surface area (Å²) in [6, 6.07) is 4.26. The second-order valence-corrected chi connectivity index (χ2v) is 4.74. The summed E-state index contributed by atoms with van der Waals surface area (Å²) in [5.41, 5.74) is 4.88. The molecular formula is C13H16FN3O3. The molecule has 1 aromatic heterocycles. The van der Waals surface area contributed by atoms with E-state index in [1.807, 2.05) is 0 Å². The predicted octanol–water partition coefficient (Wildman–Crippen LogP) is 1.14. The molecule has 1 atom stereocenters. The fraction of sp³-hybridized carbons (Fsp3) is 0.385. The van der Waals surface area contributed by atoms with Crippen LogP contribution in [0.1, 0.15) is 12.8 Å². The molecule has 1 unspecified atom stereocenters. The molecule has 0 radical (unpaired) electrons. The highest BCUT2D eigenvalue weighted by Gasteiger charge is 2.23. The van der Waals surface area contributed by atoms with Gasteiger partial charge in [0.25, 0.3) is 0 Å². The van der Waals surface area contributed by atoms with Crippen LogP contribution < -0.4 is 10.5 Å². The van der Waals surface area contributed by atoms with Crippen molar-refractivity contribution in [2.75, 3.05) is 13.7 Å². The first-order valence-electron chi connectivity index (χ1n) is 6.04. The summed E-state index contributed by atoms with van der Waals surface area (Å²) in [6.45, 7) is 1.66. The molecule has 2 rings (SSSR count). The monoisotopic (exact) mass is 281 g/mol. The number of hydrogen-bond acceptors (Lipinski definition) is 6. The van der Waals surface area contributed by atoms with Crippen LogP contribution in [0.4, 0.5) is 4.39 Å². The highest BCUT2D eigenvalue weighted by Crippen LogP contribution is 2.24. The standard InChI is InChI=1S/C13H16FN3O3/c1-13(18,7-15)6-11-16-12(17-20-11)8-3-4-9(14)10(5-8)19-2/h3-5,18H,6-7,15H2,1-2H3. The van der Waals surface area contributed by atoms with E-state index in [1.165, 1.54) is 25.3 Å². The lowest BCUT2D eigenvalue weighted by molar-refractivity contribution is 0.0610. The summed E-state index contributed by atoms with van der Waals surface area (Å²) in [5, 5.41) is 13.6. The zero-order valence-corrected chi connectivity index (χ0v) is 11.3. The number of methoxy groups -OCH3 is 1. The van der Waals surface area contributed by atoms with Crippen molar-refractivity contribution >= 4 is 0 Å². The molecule has 0 aliphatic heterocycles. The van der Waals surface area contributed by atoms with Crippen molar-refractivity contribution in [2.24, 2.45) is 5.73 Å². The SMILES string of the molecule is COc1cc(-c2noc(CC(C)(O)CN)n2)ccc1F. The lowest BCUT2D eigenvalue weighted by Gasteiger charge is -2.17. The smallest absolute Gasteiger partial charge is 0.229 e. The van der Waals surface area contributed by atoms with Crippen molar-refractivity contribution in [1.29, 1.82) is 0 Å². The van der Waals surface area contributed by atoms with Crippen LogP contribution in [0.2, 0.25) is 0 Å². The van der Waals surface area contributed by atoms with Gasteiger partial charge in [-0.3, -0.25) is 0 Å². The molecular weight excluding hydrogens is 265 g/mol. The maximum atomic E-state index is 13.3. The van der Waals surface area contributed by atoms with Gasteiger partial charge in [0.15, 0.2) is 11.6 Å². The van der Waals surface area contributed by atoms with Crippen molar-refractivity contribution in [3.63, 3.8) is 0 Å². The number of halogens is 1. The number of benzene rings is 1. The average Bonchev–Trinajstić information content (AvgIpc) is 2.87. The van der Waals surface area contributed by atoms with Crippen molar-refractivity contribution in [1.82, 2.24) is 10.1 Å². The van der Waals surface area contributed by atoms with Gasteiger partial charge in [0.1, 0.15) is 0 Å². The van der Waals surface area contributed by atoms with Gasteiger partial charge in [0.05, 0.1) is 19.1 Å². The van der Waals surface area contributed by atoms with Crippen LogP contribution in [0, 0.1) is 5.82 Å². The van der Waals surface area contributed by atoms with Gasteiger partial charge in [-0.15, -0.1) is 0 Å². The maximum absolute atomic E-state index is 13.3. The number of hydrogen-bond donors (Lipinski definition) is 2. The Bertz CT molecular complexity index is 598. The molecule has 20 heavy (non-hydrogen) atoms. The van der Waals surface area contributed by atoms with Crippen LogP contribution >= 0.6 is 0 Å². The fourth-order valence-electron chi connectivity index (χ4n) is 1.64. The van der Waals surface area contributed by atoms with Crippen molar-refractivity contribution in [2.45, 2.75) is 18.9 Å². The largest absolute Gasteiger partial charge is 0.494 e. The molecule has 0 aliphatic carbocycles. The lowest BCUT2D eigenvalue weighted by Crippen LogP contribution is -2.36. The van der Waals surface area contributed by atoms with Gasteiger partial charge in [0.2, 0.25) is 11.7 Å². The molecule has 1 aromatic carbocycles. The first-order chi connectivity index (χ1) is 9.45. The highest BCUT2D eigenvalue weighted by atomic mass is 19.1. The van der Waals surface area contributed by atoms with Crippen LogP contribution in [0.5, 0.6) is 5.75 Å². The third-order valence-corrected chi connectivity index (χ3v) is 2.85. The Morgan fingerprint density at radius 1 is 1.50 bits per heavy atom. The molecule has 6 nitrogen and oxygen atoms in total. The zero-order valence-electron chi connectivity index (χ0n) is 11.3. The molecule has 7 heteroatoms. The van der Waals surface area contributed by atoms with Crippen LogP contribution in [0.3, 0.4) is 0 Å². The van der Waals surface area contributed by atoms with Gasteiger partial charge in [-0.25, -0.2) is 4.39 Å². The van der Waals surface area contributed by atoms with E-state index in [9.17, 15) is 9.50 Å². The van der Waals surface area contributed by atoms with Crippen LogP contribution in [0.25, 0.3) is 11.4 Å². The minimum Gasteiger partial charge on any atom is -0.494 e. The summed E-state index contributed by atoms with van der Waals surface area (Å²) < 4.78 is 23.3. The third kappa shape index (κ3) is 3.12. The zero-order chi connectivity index (χ0) is 14.8. The molecule has 0 aliphatic rings. The number of nitrogens with two attached hydrogens (primary N) is 1. The second kappa shape index (κ2) is 5.56. The molecule has 0 saturated heterocycles. The van der Waals surface area contributed by atoms with E-state index in [4.69, 9.17) is 15.0 Å². The van der Waals surface area contributed by atoms with E-state index in [-0.39, 0.29) is 24.6 Å². The molecule has 3 N–H and O–H groups in total. The highest BCUT2D eigenvalue weighted by molar-refractivity contribution is 5.57. The van der Waals surface area contributed by atoms with Crippen molar-refractivity contribution < 1.29 is 18.8 Å². The minimum atomic E-state index is -1.11. The molecule has 1 heterocycles. The van der Waals surface area contributed by atoms with E-state index >= 15 is 0 Å². The topological polar surface area (TPSA) is 94.4 Å². The van der Waals surface area contributed by atoms with E-state index in [1.54, 1.807) is 6.92 Å². The molecule has 0 amide bonds. The van der Waals surface area contributed by atoms with Crippen LogP contribution in [0.15, 0.2) is 22.7 Å². The summed E-state index contributed by atoms with van der Waals surface area (Å²) in [5.74, 6) is 0.193. The van der Waals surface area contributed by atoms with Gasteiger partial charge in [-0.2, -0.15) is 4.98 Å². The number of ether oxygens (including phenoxy) is 1. The summed E-state index contributed by atoms with van der Waals surface area (Å²) >= 11 is 0. The maximum Gasteiger partial charge on any atom is 0.229 e. The van der Waals surface area contributed by atoms with E-state index in [0.717, 1.165) is 0 Å². The molecule has 108 valence electrons. The van der Waals surface area contributed by atoms with Crippen LogP contribution in [-0.2, 0) is 6.42 Å². The number of rotatable bonds is 5. The summed E-state index contributed by atoms with van der Waals surface area (Å²) in [4.78, 5) is 4.15. The number of aromatic nitrogens is 2. The molecule has 0 spiro atoms. The Morgan fingerprint density at radius 2 is 2.25 bits per heavy atom. The normalized spacial score (nSPS) is 14.1. The van der Waals surface area contributed by atoms with Gasteiger partial charge < -0.3 is 20.1 Å². The predicted molar refractivity (Wildman–Crippen MR) is 69.6 cm³/mol. The third-order valence-electron chi connectivity index (χ3n) is 2.85. The molecule has 2 aromatic rings. The second-order valence-electron chi connectivity index (χ2n) is 4.74. The fourth-order valence-corrected chi connectivity index (χ4v) is 1.64. The van der Waals surface area contributed by atoms with Crippen molar-refractivity contribution in [3.8, 4) is 17.1 Å². The summed E-state index contributed by atoms with van der Waals surface area (Å²) in [7, 11) is 1.38. The first-order valence-corrected chi connectivity index (χ1v) is 6.04. The van der Waals surface area contributed by atoms with Gasteiger partial charge >= 0.3 is 0 Å². The minimum absolute atomic E-state index is 0.0785. The Kier molecular flexibility index (Phi) is 4.01. The molecule has 0 fully saturated rings. The van der Waals surface area contributed by atoms with E-state index in [0.29, 0.717) is 11.4 Å². The summed E-state index contributed by atoms with van der Waals surface area (Å²) in [6.07, 6.45) is 0.148. The van der Waals surface area contributed by atoms with Gasteiger partial charge in [-0.1, -0.05) is 5.16 Å². The Hall–Kier alpha value is -1.99. The Morgan fingerprint density at radius 3 is 2.90 bits per heavy atom.